The minimum absolute atomic E-state index is 0.859. The second kappa shape index (κ2) is 6.43. The first-order chi connectivity index (χ1) is 9.15. The highest BCUT2D eigenvalue weighted by molar-refractivity contribution is 5.46. The molecule has 0 spiro atoms. The Bertz CT molecular complexity index is 519. The number of aryl methyl sites for hydroxylation is 2. The van der Waals surface area contributed by atoms with E-state index < -0.39 is 0 Å². The van der Waals surface area contributed by atoms with Gasteiger partial charge in [0, 0.05) is 5.69 Å². The summed E-state index contributed by atoms with van der Waals surface area (Å²) in [6.45, 7) is 3.87. The summed E-state index contributed by atoms with van der Waals surface area (Å²) in [6, 6.07) is 12.1. The third-order valence-electron chi connectivity index (χ3n) is 3.26. The number of nitrogens with zero attached hydrogens (tertiary/aromatic N) is 1. The van der Waals surface area contributed by atoms with Gasteiger partial charge in [-0.15, -0.1) is 0 Å². The first-order valence-electron chi connectivity index (χ1n) is 6.72. The smallest absolute Gasteiger partial charge is 0.118 e. The zero-order valence-electron chi connectivity index (χ0n) is 11.7. The molecule has 102 valence electrons. The van der Waals surface area contributed by atoms with Crippen molar-refractivity contribution in [3.8, 4) is 0 Å². The molecule has 2 N–H and O–H groups in total. The molecule has 0 aliphatic carbocycles. The maximum atomic E-state index is 5.94. The summed E-state index contributed by atoms with van der Waals surface area (Å²) >= 11 is 0. The molecule has 1 heterocycles. The Morgan fingerprint density at radius 2 is 1.95 bits per heavy atom. The van der Waals surface area contributed by atoms with Crippen LogP contribution in [0.5, 0.6) is 0 Å². The molecule has 0 bridgehead atoms. The molecule has 0 radical (unpaired) electrons. The largest absolute Gasteiger partial charge is 0.465 e. The van der Waals surface area contributed by atoms with Crippen molar-refractivity contribution < 1.29 is 4.42 Å². The Morgan fingerprint density at radius 3 is 2.63 bits per heavy atom. The van der Waals surface area contributed by atoms with Crippen LogP contribution in [-0.2, 0) is 13.0 Å². The Kier molecular flexibility index (Phi) is 4.63. The highest BCUT2D eigenvalue weighted by atomic mass is 16.3. The first-order valence-corrected chi connectivity index (χ1v) is 6.72. The monoisotopic (exact) mass is 258 g/mol. The first kappa shape index (κ1) is 13.7. The molecular weight excluding hydrogens is 236 g/mol. The van der Waals surface area contributed by atoms with Crippen LogP contribution in [-0.4, -0.2) is 18.5 Å². The summed E-state index contributed by atoms with van der Waals surface area (Å²) in [5, 5.41) is 0. The summed E-state index contributed by atoms with van der Waals surface area (Å²) in [5.74, 6) is 2.00. The van der Waals surface area contributed by atoms with Crippen LogP contribution in [0, 0.1) is 6.92 Å². The summed E-state index contributed by atoms with van der Waals surface area (Å²) < 4.78 is 5.58. The lowest BCUT2D eigenvalue weighted by atomic mass is 10.1. The third kappa shape index (κ3) is 4.14. The molecule has 1 aromatic carbocycles. The van der Waals surface area contributed by atoms with Crippen molar-refractivity contribution in [3.63, 3.8) is 0 Å². The van der Waals surface area contributed by atoms with E-state index in [-0.39, 0.29) is 0 Å². The van der Waals surface area contributed by atoms with E-state index in [1.807, 2.05) is 37.3 Å². The van der Waals surface area contributed by atoms with Crippen LogP contribution in [0.25, 0.3) is 0 Å². The molecule has 0 aliphatic rings. The maximum absolute atomic E-state index is 5.94. The molecule has 0 unspecified atom stereocenters. The zero-order chi connectivity index (χ0) is 13.7. The number of para-hydroxylation sites is 1. The third-order valence-corrected chi connectivity index (χ3v) is 3.26. The number of rotatable bonds is 6. The number of anilines is 1. The Balaban J connectivity index is 1.75. The average molecular weight is 258 g/mol. The summed E-state index contributed by atoms with van der Waals surface area (Å²) in [4.78, 5) is 2.28. The van der Waals surface area contributed by atoms with Gasteiger partial charge in [0.2, 0.25) is 0 Å². The molecular formula is C16H22N2O. The Hall–Kier alpha value is -1.74. The van der Waals surface area contributed by atoms with Gasteiger partial charge in [-0.05, 0) is 57.1 Å². The number of hydrogen-bond donors (Lipinski definition) is 1. The standard InChI is InChI=1S/C16H22N2O/c1-13-9-10-15(19-13)12-18(2)11-5-7-14-6-3-4-8-16(14)17/h3-4,6,8-10H,5,7,11-12,17H2,1-2H3. The van der Waals surface area contributed by atoms with Crippen LogP contribution in [0.2, 0.25) is 0 Å². The second-order valence-corrected chi connectivity index (χ2v) is 5.05. The van der Waals surface area contributed by atoms with Crippen molar-refractivity contribution in [1.82, 2.24) is 4.90 Å². The van der Waals surface area contributed by atoms with E-state index in [1.165, 1.54) is 5.56 Å². The molecule has 1 aromatic heterocycles. The van der Waals surface area contributed by atoms with Crippen LogP contribution < -0.4 is 5.73 Å². The SMILES string of the molecule is Cc1ccc(CN(C)CCCc2ccccc2N)o1. The predicted molar refractivity (Wildman–Crippen MR) is 79.0 cm³/mol. The van der Waals surface area contributed by atoms with Crippen molar-refractivity contribution in [1.29, 1.82) is 0 Å². The molecule has 2 rings (SSSR count). The fourth-order valence-corrected chi connectivity index (χ4v) is 2.22. The quantitative estimate of drug-likeness (QED) is 0.809. The van der Waals surface area contributed by atoms with Crippen LogP contribution in [0.15, 0.2) is 40.8 Å². The molecule has 3 nitrogen and oxygen atoms in total. The van der Waals surface area contributed by atoms with Crippen molar-refractivity contribution in [3.05, 3.63) is 53.5 Å². The van der Waals surface area contributed by atoms with E-state index in [2.05, 4.69) is 18.0 Å². The van der Waals surface area contributed by atoms with E-state index in [0.717, 1.165) is 43.1 Å². The fourth-order valence-electron chi connectivity index (χ4n) is 2.22. The van der Waals surface area contributed by atoms with E-state index >= 15 is 0 Å². The minimum Gasteiger partial charge on any atom is -0.465 e. The van der Waals surface area contributed by atoms with Gasteiger partial charge in [0.25, 0.3) is 0 Å². The molecule has 3 heteroatoms. The summed E-state index contributed by atoms with van der Waals surface area (Å²) in [5.41, 5.74) is 8.07. The number of furan rings is 1. The minimum atomic E-state index is 0.859. The van der Waals surface area contributed by atoms with Gasteiger partial charge in [-0.3, -0.25) is 4.90 Å². The Morgan fingerprint density at radius 1 is 1.16 bits per heavy atom. The lowest BCUT2D eigenvalue weighted by Crippen LogP contribution is -2.19. The lowest BCUT2D eigenvalue weighted by molar-refractivity contribution is 0.289. The summed E-state index contributed by atoms with van der Waals surface area (Å²) in [7, 11) is 2.12. The van der Waals surface area contributed by atoms with Gasteiger partial charge in [-0.2, -0.15) is 0 Å². The van der Waals surface area contributed by atoms with E-state index in [4.69, 9.17) is 10.2 Å². The van der Waals surface area contributed by atoms with Crippen molar-refractivity contribution in [2.75, 3.05) is 19.3 Å². The lowest BCUT2D eigenvalue weighted by Gasteiger charge is -2.15. The van der Waals surface area contributed by atoms with Gasteiger partial charge >= 0.3 is 0 Å². The molecule has 0 fully saturated rings. The van der Waals surface area contributed by atoms with Gasteiger partial charge in [-0.1, -0.05) is 18.2 Å². The van der Waals surface area contributed by atoms with E-state index in [1.54, 1.807) is 0 Å². The highest BCUT2D eigenvalue weighted by Gasteiger charge is 2.04. The zero-order valence-corrected chi connectivity index (χ0v) is 11.7. The molecule has 19 heavy (non-hydrogen) atoms. The average Bonchev–Trinajstić information content (AvgIpc) is 2.77. The Labute approximate surface area is 115 Å². The number of nitrogen functional groups attached to an aromatic ring is 1. The topological polar surface area (TPSA) is 42.4 Å². The summed E-state index contributed by atoms with van der Waals surface area (Å²) in [6.07, 6.45) is 2.12. The molecule has 0 amide bonds. The molecule has 0 saturated carbocycles. The number of hydrogen-bond acceptors (Lipinski definition) is 3. The number of nitrogens with two attached hydrogens (primary N) is 1. The van der Waals surface area contributed by atoms with Crippen LogP contribution >= 0.6 is 0 Å². The van der Waals surface area contributed by atoms with Crippen molar-refractivity contribution in [2.45, 2.75) is 26.3 Å². The van der Waals surface area contributed by atoms with Gasteiger partial charge < -0.3 is 10.2 Å². The van der Waals surface area contributed by atoms with Crippen LogP contribution in [0.3, 0.4) is 0 Å². The molecule has 0 aliphatic heterocycles. The second-order valence-electron chi connectivity index (χ2n) is 5.05. The maximum Gasteiger partial charge on any atom is 0.118 e. The highest BCUT2D eigenvalue weighted by Crippen LogP contribution is 2.13. The van der Waals surface area contributed by atoms with Crippen LogP contribution in [0.4, 0.5) is 5.69 Å². The molecule has 0 saturated heterocycles. The molecule has 2 aromatic rings. The van der Waals surface area contributed by atoms with Gasteiger partial charge in [0.15, 0.2) is 0 Å². The normalized spacial score (nSPS) is 11.1. The van der Waals surface area contributed by atoms with E-state index in [0.29, 0.717) is 0 Å². The van der Waals surface area contributed by atoms with Crippen LogP contribution in [0.1, 0.15) is 23.5 Å². The van der Waals surface area contributed by atoms with Crippen molar-refractivity contribution in [2.24, 2.45) is 0 Å². The predicted octanol–water partition coefficient (Wildman–Crippen LogP) is 3.23. The fraction of sp³-hybridized carbons (Fsp3) is 0.375. The van der Waals surface area contributed by atoms with Gasteiger partial charge in [-0.25, -0.2) is 0 Å². The van der Waals surface area contributed by atoms with Crippen molar-refractivity contribution >= 4 is 5.69 Å². The van der Waals surface area contributed by atoms with Gasteiger partial charge in [0.1, 0.15) is 11.5 Å². The number of benzene rings is 1. The van der Waals surface area contributed by atoms with Gasteiger partial charge in [0.05, 0.1) is 6.54 Å². The molecule has 0 atom stereocenters. The van der Waals surface area contributed by atoms with E-state index in [9.17, 15) is 0 Å².